The van der Waals surface area contributed by atoms with Crippen LogP contribution >= 0.6 is 11.3 Å². The first-order valence-electron chi connectivity index (χ1n) is 9.69. The Morgan fingerprint density at radius 3 is 2.29 bits per heavy atom. The van der Waals surface area contributed by atoms with Crippen molar-refractivity contribution < 1.29 is 4.79 Å². The Labute approximate surface area is 169 Å². The van der Waals surface area contributed by atoms with Crippen LogP contribution in [0.2, 0.25) is 0 Å². The first-order chi connectivity index (χ1) is 13.3. The van der Waals surface area contributed by atoms with Gasteiger partial charge in [-0.25, -0.2) is 4.98 Å². The average Bonchev–Trinajstić information content (AvgIpc) is 3.08. The van der Waals surface area contributed by atoms with E-state index in [4.69, 9.17) is 10.7 Å². The third kappa shape index (κ3) is 3.49. The van der Waals surface area contributed by atoms with Gasteiger partial charge in [-0.1, -0.05) is 58.9 Å². The number of nitrogens with zero attached hydrogens (tertiary/aromatic N) is 2. The second-order valence-corrected chi connectivity index (χ2v) is 8.59. The number of thiophene rings is 1. The molecule has 0 aliphatic rings. The van der Waals surface area contributed by atoms with Crippen molar-refractivity contribution in [1.82, 2.24) is 9.55 Å². The Morgan fingerprint density at radius 2 is 1.79 bits per heavy atom. The van der Waals surface area contributed by atoms with E-state index in [0.29, 0.717) is 28.4 Å². The van der Waals surface area contributed by atoms with Crippen molar-refractivity contribution in [2.75, 3.05) is 0 Å². The molecule has 0 radical (unpaired) electrons. The maximum atomic E-state index is 13.5. The first-order valence-corrected chi connectivity index (χ1v) is 10.6. The number of carbonyl (C=O) groups excluding carboxylic acids is 1. The number of nitrogens with two attached hydrogens (primary N) is 1. The summed E-state index contributed by atoms with van der Waals surface area (Å²) in [4.78, 5) is 31.0. The smallest absolute Gasteiger partial charge is 0.263 e. The lowest BCUT2D eigenvalue weighted by Gasteiger charge is -2.21. The van der Waals surface area contributed by atoms with Gasteiger partial charge < -0.3 is 5.73 Å². The van der Waals surface area contributed by atoms with Crippen molar-refractivity contribution in [2.24, 2.45) is 5.73 Å². The topological polar surface area (TPSA) is 78.0 Å². The molecule has 28 heavy (non-hydrogen) atoms. The molecule has 1 aromatic carbocycles. The number of hydrogen-bond acceptors (Lipinski definition) is 4. The summed E-state index contributed by atoms with van der Waals surface area (Å²) >= 11 is 1.46. The number of benzene rings is 1. The number of primary amides is 1. The Hall–Kier alpha value is -2.47. The largest absolute Gasteiger partial charge is 0.368 e. The van der Waals surface area contributed by atoms with E-state index < -0.39 is 11.9 Å². The predicted octanol–water partition coefficient (Wildman–Crippen LogP) is 4.81. The van der Waals surface area contributed by atoms with E-state index in [2.05, 4.69) is 26.0 Å². The molecular weight excluding hydrogens is 370 g/mol. The van der Waals surface area contributed by atoms with Crippen LogP contribution in [0.4, 0.5) is 0 Å². The molecule has 0 bridgehead atoms. The quantitative estimate of drug-likeness (QED) is 0.648. The first kappa shape index (κ1) is 20.3. The fourth-order valence-electron chi connectivity index (χ4n) is 3.50. The van der Waals surface area contributed by atoms with Gasteiger partial charge in [0.25, 0.3) is 5.56 Å². The minimum Gasteiger partial charge on any atom is -0.368 e. The van der Waals surface area contributed by atoms with Crippen LogP contribution in [0.25, 0.3) is 21.3 Å². The lowest BCUT2D eigenvalue weighted by Crippen LogP contribution is -2.36. The zero-order chi connectivity index (χ0) is 20.6. The van der Waals surface area contributed by atoms with Crippen LogP contribution in [0, 0.1) is 0 Å². The summed E-state index contributed by atoms with van der Waals surface area (Å²) in [6, 6.07) is 7.58. The number of aromatic nitrogens is 2. The van der Waals surface area contributed by atoms with Crippen molar-refractivity contribution >= 4 is 27.5 Å². The van der Waals surface area contributed by atoms with Crippen molar-refractivity contribution in [3.8, 4) is 11.1 Å². The van der Waals surface area contributed by atoms with Gasteiger partial charge >= 0.3 is 0 Å². The molecule has 0 saturated carbocycles. The number of hydrogen-bond donors (Lipinski definition) is 1. The predicted molar refractivity (Wildman–Crippen MR) is 116 cm³/mol. The number of amides is 1. The molecule has 6 heteroatoms. The number of fused-ring (bicyclic) bond motifs is 1. The van der Waals surface area contributed by atoms with Crippen LogP contribution in [0.3, 0.4) is 0 Å². The Bertz CT molecular complexity index is 1060. The van der Waals surface area contributed by atoms with Gasteiger partial charge in [0.05, 0.1) is 5.39 Å². The van der Waals surface area contributed by atoms with Gasteiger partial charge in [-0.2, -0.15) is 0 Å². The molecule has 148 valence electrons. The van der Waals surface area contributed by atoms with E-state index in [9.17, 15) is 9.59 Å². The Balaban J connectivity index is 2.28. The summed E-state index contributed by atoms with van der Waals surface area (Å²) < 4.78 is 1.51. The second kappa shape index (κ2) is 7.87. The average molecular weight is 398 g/mol. The third-order valence-electron chi connectivity index (χ3n) is 5.10. The highest BCUT2D eigenvalue weighted by Crippen LogP contribution is 2.33. The summed E-state index contributed by atoms with van der Waals surface area (Å²) in [5.41, 5.74) is 8.50. The van der Waals surface area contributed by atoms with Gasteiger partial charge in [0.2, 0.25) is 5.91 Å². The summed E-state index contributed by atoms with van der Waals surface area (Å²) in [7, 11) is 0. The molecule has 3 aromatic rings. The van der Waals surface area contributed by atoms with Gasteiger partial charge in [-0.15, -0.1) is 11.3 Å². The second-order valence-electron chi connectivity index (χ2n) is 7.73. The van der Waals surface area contributed by atoms with E-state index in [1.54, 1.807) is 0 Å². The zero-order valence-corrected chi connectivity index (χ0v) is 17.8. The molecule has 2 aromatic heterocycles. The van der Waals surface area contributed by atoms with Crippen LogP contribution in [-0.4, -0.2) is 15.5 Å². The highest BCUT2D eigenvalue weighted by atomic mass is 32.1. The van der Waals surface area contributed by atoms with Crippen molar-refractivity contribution in [3.63, 3.8) is 0 Å². The molecule has 5 nitrogen and oxygen atoms in total. The van der Waals surface area contributed by atoms with E-state index in [1.165, 1.54) is 21.5 Å². The fourth-order valence-corrected chi connectivity index (χ4v) is 4.44. The lowest BCUT2D eigenvalue weighted by molar-refractivity contribution is -0.121. The molecule has 3 rings (SSSR count). The molecule has 2 N–H and O–H groups in total. The van der Waals surface area contributed by atoms with Gasteiger partial charge in [-0.3, -0.25) is 14.2 Å². The Morgan fingerprint density at radius 1 is 1.14 bits per heavy atom. The van der Waals surface area contributed by atoms with Crippen LogP contribution in [0.5, 0.6) is 0 Å². The van der Waals surface area contributed by atoms with E-state index in [0.717, 1.165) is 11.1 Å². The van der Waals surface area contributed by atoms with Gasteiger partial charge in [0.1, 0.15) is 16.7 Å². The molecule has 0 aliphatic heterocycles. The molecule has 1 unspecified atom stereocenters. The standard InChI is InChI=1S/C22H27N3O2S/c1-6-17(19(23)26)25-20(13(4)5)24-21-18(22(25)27)16(11-28-21)15-9-7-14(8-10-15)12(2)3/h7-13,17H,6H2,1-5H3,(H2,23,26). The summed E-state index contributed by atoms with van der Waals surface area (Å²) in [5.74, 6) is 0.542. The third-order valence-corrected chi connectivity index (χ3v) is 5.97. The molecule has 0 fully saturated rings. The minimum absolute atomic E-state index is 0.00127. The summed E-state index contributed by atoms with van der Waals surface area (Å²) in [6.07, 6.45) is 0.449. The van der Waals surface area contributed by atoms with E-state index >= 15 is 0 Å². The highest BCUT2D eigenvalue weighted by molar-refractivity contribution is 7.17. The molecular formula is C22H27N3O2S. The van der Waals surface area contributed by atoms with Crippen LogP contribution in [-0.2, 0) is 4.79 Å². The van der Waals surface area contributed by atoms with Crippen LogP contribution in [0.1, 0.15) is 70.3 Å². The highest BCUT2D eigenvalue weighted by Gasteiger charge is 2.25. The van der Waals surface area contributed by atoms with Gasteiger partial charge in [0, 0.05) is 16.9 Å². The molecule has 0 spiro atoms. The van der Waals surface area contributed by atoms with Crippen LogP contribution < -0.4 is 11.3 Å². The number of rotatable bonds is 6. The zero-order valence-electron chi connectivity index (χ0n) is 17.0. The lowest BCUT2D eigenvalue weighted by atomic mass is 9.99. The monoisotopic (exact) mass is 397 g/mol. The normalized spacial score (nSPS) is 12.8. The molecule has 1 amide bonds. The summed E-state index contributed by atoms with van der Waals surface area (Å²) in [5, 5.41) is 2.54. The minimum atomic E-state index is -0.696. The van der Waals surface area contributed by atoms with Gasteiger partial charge in [-0.05, 0) is 23.5 Å². The molecule has 0 saturated heterocycles. The molecule has 1 atom stereocenters. The van der Waals surface area contributed by atoms with Crippen molar-refractivity contribution in [1.29, 1.82) is 0 Å². The van der Waals surface area contributed by atoms with Crippen molar-refractivity contribution in [3.05, 3.63) is 51.4 Å². The summed E-state index contributed by atoms with van der Waals surface area (Å²) in [6.45, 7) is 10.1. The maximum Gasteiger partial charge on any atom is 0.263 e. The molecule has 0 aliphatic carbocycles. The molecule has 2 heterocycles. The SMILES string of the molecule is CCC(C(N)=O)n1c(C(C)C)nc2scc(-c3ccc(C(C)C)cc3)c2c1=O. The fraction of sp³-hybridized carbons (Fsp3) is 0.409. The van der Waals surface area contributed by atoms with E-state index in [1.807, 2.05) is 38.3 Å². The van der Waals surface area contributed by atoms with Crippen molar-refractivity contribution in [2.45, 2.75) is 58.9 Å². The van der Waals surface area contributed by atoms with Gasteiger partial charge in [0.15, 0.2) is 0 Å². The Kier molecular flexibility index (Phi) is 5.70. The maximum absolute atomic E-state index is 13.5. The van der Waals surface area contributed by atoms with Crippen LogP contribution in [0.15, 0.2) is 34.4 Å². The number of carbonyl (C=O) groups is 1. The van der Waals surface area contributed by atoms with E-state index in [-0.39, 0.29) is 11.5 Å².